The molecule has 1 aliphatic heterocycles. The van der Waals surface area contributed by atoms with E-state index >= 15 is 0 Å². The highest BCUT2D eigenvalue weighted by Gasteiger charge is 2.25. The average Bonchev–Trinajstić information content (AvgIpc) is 2.82. The third-order valence-corrected chi connectivity index (χ3v) is 6.28. The molecule has 34 heavy (non-hydrogen) atoms. The normalized spacial score (nSPS) is 13.1. The van der Waals surface area contributed by atoms with E-state index < -0.39 is 5.97 Å². The smallest absolute Gasteiger partial charge is 0.335 e. The Kier molecular flexibility index (Phi) is 5.42. The molecule has 7 nitrogen and oxygen atoms in total. The Balaban J connectivity index is 1.79. The molecule has 0 bridgehead atoms. The van der Waals surface area contributed by atoms with Crippen LogP contribution in [-0.2, 0) is 6.42 Å². The van der Waals surface area contributed by atoms with Gasteiger partial charge in [-0.25, -0.2) is 14.8 Å². The maximum atomic E-state index is 11.5. The lowest BCUT2D eigenvalue weighted by Gasteiger charge is -2.32. The van der Waals surface area contributed by atoms with Gasteiger partial charge in [0.2, 0.25) is 0 Å². The summed E-state index contributed by atoms with van der Waals surface area (Å²) in [7, 11) is 0. The fourth-order valence-electron chi connectivity index (χ4n) is 4.36. The second-order valence-corrected chi connectivity index (χ2v) is 8.80. The van der Waals surface area contributed by atoms with Crippen molar-refractivity contribution in [3.63, 3.8) is 0 Å². The molecule has 2 heterocycles. The number of nitrogens with two attached hydrogens (primary N) is 1. The van der Waals surface area contributed by atoms with Crippen LogP contribution < -0.4 is 10.6 Å². The maximum absolute atomic E-state index is 11.5. The highest BCUT2D eigenvalue weighted by atomic mass is 35.5. The Morgan fingerprint density at radius 1 is 1.09 bits per heavy atom. The van der Waals surface area contributed by atoms with Crippen LogP contribution in [0.2, 0.25) is 5.02 Å². The number of nitrogens with zero attached hydrogens (tertiary/aromatic N) is 3. The molecule has 4 aromatic rings. The zero-order valence-corrected chi connectivity index (χ0v) is 19.2. The Labute approximate surface area is 201 Å². The number of anilines is 3. The van der Waals surface area contributed by atoms with Crippen LogP contribution in [0, 0.1) is 5.41 Å². The molecule has 8 heteroatoms. The quantitative estimate of drug-likeness (QED) is 0.259. The van der Waals surface area contributed by atoms with Crippen LogP contribution in [0.1, 0.15) is 34.8 Å². The standard InChI is InChI=1S/C26H22ClN5O2/c1-14(28)19-11-16(5-8-20(19)29)24-25(31-22-12-17(26(33)34)6-9-21(22)30-24)32-10-2-3-15-4-7-18(27)13-23(15)32/h4-9,11-13,28H,2-3,10,29H2,1H3,(H,33,34). The van der Waals surface area contributed by atoms with Gasteiger partial charge in [0.25, 0.3) is 0 Å². The summed E-state index contributed by atoms with van der Waals surface area (Å²) in [6.07, 6.45) is 1.86. The van der Waals surface area contributed by atoms with E-state index in [9.17, 15) is 9.90 Å². The summed E-state index contributed by atoms with van der Waals surface area (Å²) in [6.45, 7) is 2.41. The first-order valence-electron chi connectivity index (χ1n) is 10.9. The number of carboxylic acids is 1. The number of nitrogen functional groups attached to an aromatic ring is 1. The number of nitrogens with one attached hydrogen (secondary N) is 1. The molecule has 0 radical (unpaired) electrons. The van der Waals surface area contributed by atoms with Crippen LogP contribution in [-0.4, -0.2) is 33.3 Å². The Bertz CT molecular complexity index is 1480. The summed E-state index contributed by atoms with van der Waals surface area (Å²) >= 11 is 6.34. The number of hydrogen-bond acceptors (Lipinski definition) is 6. The van der Waals surface area contributed by atoms with Gasteiger partial charge in [0.15, 0.2) is 5.82 Å². The maximum Gasteiger partial charge on any atom is 0.335 e. The number of rotatable bonds is 4. The molecule has 0 saturated heterocycles. The minimum absolute atomic E-state index is 0.150. The summed E-state index contributed by atoms with van der Waals surface area (Å²) in [4.78, 5) is 23.5. The lowest BCUT2D eigenvalue weighted by molar-refractivity contribution is 0.0697. The Morgan fingerprint density at radius 3 is 2.68 bits per heavy atom. The van der Waals surface area contributed by atoms with Gasteiger partial charge in [0, 0.05) is 39.8 Å². The van der Waals surface area contributed by atoms with Crippen molar-refractivity contribution >= 4 is 51.5 Å². The van der Waals surface area contributed by atoms with Crippen LogP contribution >= 0.6 is 11.6 Å². The number of aryl methyl sites for hydroxylation is 1. The topological polar surface area (TPSA) is 116 Å². The zero-order valence-electron chi connectivity index (χ0n) is 18.5. The molecule has 0 saturated carbocycles. The van der Waals surface area contributed by atoms with Crippen molar-refractivity contribution in [2.24, 2.45) is 0 Å². The van der Waals surface area contributed by atoms with Gasteiger partial charge in [-0.2, -0.15) is 0 Å². The van der Waals surface area contributed by atoms with Gasteiger partial charge >= 0.3 is 5.97 Å². The van der Waals surface area contributed by atoms with E-state index in [1.54, 1.807) is 19.1 Å². The SMILES string of the molecule is CC(=N)c1cc(-c2nc3ccc(C(=O)O)cc3nc2N2CCCc3ccc(Cl)cc32)ccc1N. The number of hydrogen-bond donors (Lipinski definition) is 3. The molecule has 0 fully saturated rings. The molecule has 170 valence electrons. The number of carbonyl (C=O) groups is 1. The first kappa shape index (κ1) is 21.9. The van der Waals surface area contributed by atoms with E-state index in [1.807, 2.05) is 30.3 Å². The van der Waals surface area contributed by atoms with Gasteiger partial charge in [-0.05, 0) is 67.8 Å². The molecule has 5 rings (SSSR count). The average molecular weight is 472 g/mol. The fraction of sp³-hybridized carbons (Fsp3) is 0.154. The van der Waals surface area contributed by atoms with Crippen LogP contribution in [0.3, 0.4) is 0 Å². The van der Waals surface area contributed by atoms with Crippen molar-refractivity contribution in [3.05, 3.63) is 76.3 Å². The summed E-state index contributed by atoms with van der Waals surface area (Å²) in [5.41, 5.74) is 12.4. The third kappa shape index (κ3) is 3.84. The van der Waals surface area contributed by atoms with Crippen molar-refractivity contribution in [2.45, 2.75) is 19.8 Å². The van der Waals surface area contributed by atoms with Crippen molar-refractivity contribution in [3.8, 4) is 11.3 Å². The number of carboxylic acid groups (broad SMARTS) is 1. The van der Waals surface area contributed by atoms with Gasteiger partial charge in [-0.3, -0.25) is 0 Å². The second-order valence-electron chi connectivity index (χ2n) is 8.36. The Morgan fingerprint density at radius 2 is 1.91 bits per heavy atom. The third-order valence-electron chi connectivity index (χ3n) is 6.05. The van der Waals surface area contributed by atoms with Gasteiger partial charge in [-0.1, -0.05) is 23.7 Å². The number of aromatic nitrogens is 2. The number of aromatic carboxylic acids is 1. The van der Waals surface area contributed by atoms with E-state index in [2.05, 4.69) is 4.90 Å². The zero-order chi connectivity index (χ0) is 24.0. The lowest BCUT2D eigenvalue weighted by atomic mass is 9.99. The molecule has 1 aromatic heterocycles. The number of halogens is 1. The molecule has 1 aliphatic rings. The first-order valence-corrected chi connectivity index (χ1v) is 11.3. The van der Waals surface area contributed by atoms with Crippen molar-refractivity contribution in [1.82, 2.24) is 9.97 Å². The fourth-order valence-corrected chi connectivity index (χ4v) is 4.52. The molecule has 0 spiro atoms. The van der Waals surface area contributed by atoms with Gasteiger partial charge in [0.05, 0.1) is 16.6 Å². The lowest BCUT2D eigenvalue weighted by Crippen LogP contribution is -2.26. The monoisotopic (exact) mass is 471 g/mol. The van der Waals surface area contributed by atoms with Crippen molar-refractivity contribution in [2.75, 3.05) is 17.2 Å². The molecule has 4 N–H and O–H groups in total. The highest BCUT2D eigenvalue weighted by molar-refractivity contribution is 6.31. The number of fused-ring (bicyclic) bond motifs is 2. The van der Waals surface area contributed by atoms with Crippen LogP contribution in [0.5, 0.6) is 0 Å². The van der Waals surface area contributed by atoms with Crippen molar-refractivity contribution < 1.29 is 9.90 Å². The Hall–Kier alpha value is -3.97. The van der Waals surface area contributed by atoms with Crippen molar-refractivity contribution in [1.29, 1.82) is 5.41 Å². The largest absolute Gasteiger partial charge is 0.478 e. The van der Waals surface area contributed by atoms with E-state index in [0.29, 0.717) is 51.1 Å². The molecule has 0 amide bonds. The van der Waals surface area contributed by atoms with E-state index in [1.165, 1.54) is 12.1 Å². The molecule has 3 aromatic carbocycles. The van der Waals surface area contributed by atoms with E-state index in [0.717, 1.165) is 29.7 Å². The summed E-state index contributed by atoms with van der Waals surface area (Å²) in [5.74, 6) is -0.411. The highest BCUT2D eigenvalue weighted by Crippen LogP contribution is 2.40. The molecular weight excluding hydrogens is 450 g/mol. The molecular formula is C26H22ClN5O2. The molecule has 0 atom stereocenters. The molecule has 0 aliphatic carbocycles. The summed E-state index contributed by atoms with van der Waals surface area (Å²) in [5, 5.41) is 18.2. The first-order chi connectivity index (χ1) is 16.3. The number of benzene rings is 3. The van der Waals surface area contributed by atoms with Crippen LogP contribution in [0.25, 0.3) is 22.3 Å². The minimum Gasteiger partial charge on any atom is -0.478 e. The van der Waals surface area contributed by atoms with E-state index in [-0.39, 0.29) is 5.56 Å². The summed E-state index contributed by atoms with van der Waals surface area (Å²) < 4.78 is 0. The van der Waals surface area contributed by atoms with Crippen LogP contribution in [0.15, 0.2) is 54.6 Å². The molecule has 0 unspecified atom stereocenters. The summed E-state index contributed by atoms with van der Waals surface area (Å²) in [6, 6.07) is 16.1. The second kappa shape index (κ2) is 8.43. The predicted octanol–water partition coefficient (Wildman–Crippen LogP) is 5.70. The van der Waals surface area contributed by atoms with Gasteiger partial charge in [-0.15, -0.1) is 0 Å². The predicted molar refractivity (Wildman–Crippen MR) is 136 cm³/mol. The van der Waals surface area contributed by atoms with Crippen LogP contribution in [0.4, 0.5) is 17.2 Å². The van der Waals surface area contributed by atoms with Gasteiger partial charge < -0.3 is 21.1 Å². The van der Waals surface area contributed by atoms with Gasteiger partial charge in [0.1, 0.15) is 5.69 Å². The van der Waals surface area contributed by atoms with E-state index in [4.69, 9.17) is 32.7 Å². The minimum atomic E-state index is -1.02.